The number of likely N-dealkylation sites (N-methyl/N-ethyl adjacent to an activating group) is 2. The third-order valence-corrected chi connectivity index (χ3v) is 15.4. The number of hydrogen-bond acceptors (Lipinski definition) is 18. The Morgan fingerprint density at radius 1 is 0.852 bits per heavy atom. The maximum absolute atomic E-state index is 14.3. The number of nitrogens with one attached hydrogen (secondary N) is 4. The number of anilines is 2. The number of alkyl halides is 2. The number of hydrogen-bond donors (Lipinski definition) is 5. The normalized spacial score (nSPS) is 14.6. The number of aromatic amines is 1. The number of thiazole rings is 1. The van der Waals surface area contributed by atoms with Crippen LogP contribution < -0.4 is 36.8 Å². The summed E-state index contributed by atoms with van der Waals surface area (Å²) in [6.45, 7) is 9.54. The number of nitrogens with two attached hydrogens (primary N) is 1. The van der Waals surface area contributed by atoms with E-state index in [4.69, 9.17) is 41.1 Å². The van der Waals surface area contributed by atoms with Gasteiger partial charge in [-0.15, -0.1) is 11.3 Å². The Morgan fingerprint density at radius 2 is 1.52 bits per heavy atom. The van der Waals surface area contributed by atoms with Crippen LogP contribution in [0, 0.1) is 0 Å². The average Bonchev–Trinajstić information content (AvgIpc) is 1.41. The van der Waals surface area contributed by atoms with Gasteiger partial charge in [0.2, 0.25) is 29.7 Å². The van der Waals surface area contributed by atoms with E-state index in [1.165, 1.54) is 34.6 Å². The van der Waals surface area contributed by atoms with E-state index in [9.17, 15) is 32.8 Å². The first kappa shape index (κ1) is 69.7. The van der Waals surface area contributed by atoms with Gasteiger partial charge in [0, 0.05) is 118 Å². The molecule has 1 atom stereocenters. The van der Waals surface area contributed by atoms with Crippen LogP contribution in [-0.2, 0) is 52.8 Å². The lowest BCUT2D eigenvalue weighted by Gasteiger charge is -2.45. The van der Waals surface area contributed by atoms with Crippen molar-refractivity contribution in [2.75, 3.05) is 130 Å². The van der Waals surface area contributed by atoms with Gasteiger partial charge in [-0.3, -0.25) is 29.0 Å². The molecule has 5 aromatic rings. The van der Waals surface area contributed by atoms with E-state index in [0.717, 1.165) is 74.7 Å². The molecule has 1 saturated heterocycles. The lowest BCUT2D eigenvalue weighted by atomic mass is 9.84. The molecule has 3 heterocycles. The number of aryl methyl sites for hydroxylation is 1. The van der Waals surface area contributed by atoms with Crippen LogP contribution in [0.4, 0.5) is 19.6 Å². The highest BCUT2D eigenvalue weighted by Gasteiger charge is 2.52. The van der Waals surface area contributed by atoms with E-state index in [2.05, 4.69) is 52.9 Å². The molecule has 2 fully saturated rings. The van der Waals surface area contributed by atoms with Gasteiger partial charge in [-0.05, 0) is 106 Å². The number of carbonyl (C=O) groups is 4. The van der Waals surface area contributed by atoms with Crippen molar-refractivity contribution in [2.24, 2.45) is 15.9 Å². The topological polar surface area (TPSA) is 260 Å². The summed E-state index contributed by atoms with van der Waals surface area (Å²) in [6.07, 6.45) is 5.38. The number of nitrogens with zero attached hydrogens (tertiary/aromatic N) is 7. The summed E-state index contributed by atoms with van der Waals surface area (Å²) in [7, 11) is 5.98. The summed E-state index contributed by atoms with van der Waals surface area (Å²) in [5.41, 5.74) is 3.90. The third-order valence-electron chi connectivity index (χ3n) is 14.4. The molecular formula is C62H83ClF2N12O10S. The Labute approximate surface area is 522 Å². The fraction of sp³-hybridized carbons (Fsp3) is 0.484. The van der Waals surface area contributed by atoms with E-state index < -0.39 is 48.2 Å². The summed E-state index contributed by atoms with van der Waals surface area (Å²) in [5, 5.41) is 15.1. The number of benzene rings is 3. The number of piperazine rings is 1. The van der Waals surface area contributed by atoms with Gasteiger partial charge >= 0.3 is 0 Å². The predicted octanol–water partition coefficient (Wildman–Crippen LogP) is 6.71. The standard InChI is InChI=1S/C51H67ClF2N8O8.C11H16N4O2S/c1-56-42-13-17-46(18-14-42)70-32-31-67-27-22-57-37-43(60-55)21-26-66-29-30-68-28-24-61(2)23-3-4-25-69-45-15-7-38(8-16-45)9-20-48(64)62(44-33-51(53,54)34-44)49(40-10-19-47(63)58-36-40)50(65)59-35-39-5-11-41(52)12-6-39;1-14-2-4-15(5-3-14)10(17)6-9-7-18-11(13-9)12-8-16/h5-8,10-19,36-37,44,49,56H,3-4,9,20-35,55H2,1-2H3,(H,58,63)(H,59,65);7-8H,2-6H2,1H3,(H,12,13,16)/b57-37?,60-43-;. The van der Waals surface area contributed by atoms with E-state index in [-0.39, 0.29) is 18.9 Å². The van der Waals surface area contributed by atoms with Crippen LogP contribution in [0.1, 0.15) is 67.0 Å². The van der Waals surface area contributed by atoms with Gasteiger partial charge in [0.25, 0.3) is 5.92 Å². The van der Waals surface area contributed by atoms with Gasteiger partial charge in [0.15, 0.2) is 5.13 Å². The summed E-state index contributed by atoms with van der Waals surface area (Å²) < 4.78 is 57.2. The number of unbranched alkanes of at least 4 members (excludes halogenated alkanes) is 1. The molecule has 0 radical (unpaired) electrons. The molecule has 0 bridgehead atoms. The van der Waals surface area contributed by atoms with Crippen LogP contribution >= 0.6 is 22.9 Å². The number of ether oxygens (including phenoxy) is 5. The van der Waals surface area contributed by atoms with E-state index in [0.29, 0.717) is 118 Å². The molecule has 1 aliphatic carbocycles. The number of halogens is 3. The number of aromatic nitrogens is 2. The Morgan fingerprint density at radius 3 is 2.19 bits per heavy atom. The Balaban J connectivity index is 0.000000582. The zero-order valence-corrected chi connectivity index (χ0v) is 51.9. The fourth-order valence-corrected chi connectivity index (χ4v) is 10.1. The van der Waals surface area contributed by atoms with E-state index in [1.54, 1.807) is 35.9 Å². The lowest BCUT2D eigenvalue weighted by Crippen LogP contribution is -2.56. The number of H-pyrrole nitrogens is 1. The number of carbonyl (C=O) groups excluding carboxylic acids is 4. The van der Waals surface area contributed by atoms with Crippen molar-refractivity contribution in [1.82, 2.24) is 34.9 Å². The highest BCUT2D eigenvalue weighted by Crippen LogP contribution is 2.43. The molecular weight excluding hydrogens is 1180 g/mol. The van der Waals surface area contributed by atoms with Crippen molar-refractivity contribution in [3.8, 4) is 11.5 Å². The molecule has 22 nitrogen and oxygen atoms in total. The van der Waals surface area contributed by atoms with Crippen molar-refractivity contribution >= 4 is 69.8 Å². The zero-order valence-electron chi connectivity index (χ0n) is 50.4. The minimum Gasteiger partial charge on any atom is -0.494 e. The number of rotatable bonds is 37. The van der Waals surface area contributed by atoms with Crippen molar-refractivity contribution in [3.63, 3.8) is 0 Å². The molecule has 88 heavy (non-hydrogen) atoms. The van der Waals surface area contributed by atoms with Gasteiger partial charge in [0.05, 0.1) is 70.6 Å². The van der Waals surface area contributed by atoms with Gasteiger partial charge in [-0.25, -0.2) is 13.8 Å². The van der Waals surface area contributed by atoms with Gasteiger partial charge in [-0.2, -0.15) is 5.10 Å². The highest BCUT2D eigenvalue weighted by molar-refractivity contribution is 7.13. The van der Waals surface area contributed by atoms with Crippen molar-refractivity contribution < 1.29 is 51.6 Å². The molecule has 4 amide bonds. The molecule has 3 aromatic carbocycles. The van der Waals surface area contributed by atoms with Gasteiger partial charge < -0.3 is 70.1 Å². The van der Waals surface area contributed by atoms with Crippen LogP contribution in [0.2, 0.25) is 5.02 Å². The Hall–Kier alpha value is -7.39. The Kier molecular flexibility index (Phi) is 30.2. The predicted molar refractivity (Wildman–Crippen MR) is 338 cm³/mol. The number of amides is 4. The average molecular weight is 1260 g/mol. The molecule has 478 valence electrons. The van der Waals surface area contributed by atoms with E-state index >= 15 is 0 Å². The largest absolute Gasteiger partial charge is 0.494 e. The Bertz CT molecular complexity index is 2980. The molecule has 6 N–H and O–H groups in total. The number of pyridine rings is 1. The molecule has 26 heteroatoms. The maximum atomic E-state index is 14.3. The highest BCUT2D eigenvalue weighted by atomic mass is 35.5. The van der Waals surface area contributed by atoms with Crippen molar-refractivity contribution in [1.29, 1.82) is 0 Å². The first-order chi connectivity index (χ1) is 42.6. The lowest BCUT2D eigenvalue weighted by molar-refractivity contribution is -0.164. The molecule has 1 unspecified atom stereocenters. The zero-order chi connectivity index (χ0) is 62.9. The SMILES string of the molecule is CN1CCN(C(=O)Cc2csc(NC=O)n2)CC1.CNc1ccc(OCCOCCN=C/C(CCOCCOCCN(C)CCCCOc2ccc(CCC(=O)N(C3CC(F)(F)C3)C(C(=O)NCc3ccc(Cl)cc3)c3ccc(=O)[nH]c3)cc2)=N\N)cc1. The summed E-state index contributed by atoms with van der Waals surface area (Å²) in [6, 6.07) is 22.6. The first-order valence-corrected chi connectivity index (χ1v) is 30.7. The number of hydrazone groups is 1. The molecule has 7 rings (SSSR count). The molecule has 1 aliphatic heterocycles. The quantitative estimate of drug-likeness (QED) is 0.00910. The molecule has 2 aliphatic rings. The van der Waals surface area contributed by atoms with Crippen LogP contribution in [-0.4, -0.2) is 197 Å². The van der Waals surface area contributed by atoms with Crippen LogP contribution in [0.5, 0.6) is 11.5 Å². The third kappa shape index (κ3) is 25.4. The summed E-state index contributed by atoms with van der Waals surface area (Å²) >= 11 is 7.34. The molecule has 2 aromatic heterocycles. The monoisotopic (exact) mass is 1260 g/mol. The minimum atomic E-state index is -2.95. The summed E-state index contributed by atoms with van der Waals surface area (Å²) in [4.78, 5) is 80.6. The second-order valence-corrected chi connectivity index (χ2v) is 22.4. The van der Waals surface area contributed by atoms with Gasteiger partial charge in [0.1, 0.15) is 24.1 Å². The summed E-state index contributed by atoms with van der Waals surface area (Å²) in [5.74, 6) is 3.15. The van der Waals surface area contributed by atoms with Crippen molar-refractivity contribution in [3.05, 3.63) is 134 Å². The van der Waals surface area contributed by atoms with Crippen LogP contribution in [0.3, 0.4) is 0 Å². The first-order valence-electron chi connectivity index (χ1n) is 29.4. The smallest absolute Gasteiger partial charge is 0.252 e. The number of aliphatic imine (C=N–C) groups is 1. The molecule has 0 spiro atoms. The van der Waals surface area contributed by atoms with E-state index in [1.807, 2.05) is 67.5 Å². The maximum Gasteiger partial charge on any atom is 0.252 e. The molecule has 1 saturated carbocycles. The van der Waals surface area contributed by atoms with Crippen LogP contribution in [0.25, 0.3) is 0 Å². The second kappa shape index (κ2) is 38.1. The van der Waals surface area contributed by atoms with Crippen molar-refractivity contribution in [2.45, 2.75) is 75.9 Å². The van der Waals surface area contributed by atoms with Gasteiger partial charge in [-0.1, -0.05) is 35.9 Å². The second-order valence-electron chi connectivity index (χ2n) is 21.1. The minimum absolute atomic E-state index is 0.0221. The van der Waals surface area contributed by atoms with Crippen LogP contribution in [0.15, 0.2) is 111 Å². The fourth-order valence-electron chi connectivity index (χ4n) is 9.26.